The lowest BCUT2D eigenvalue weighted by Crippen LogP contribution is -2.52. The summed E-state index contributed by atoms with van der Waals surface area (Å²) in [4.78, 5) is 10.3. The highest BCUT2D eigenvalue weighted by atomic mass is 16.5. The van der Waals surface area contributed by atoms with Gasteiger partial charge in [0, 0.05) is 0 Å². The normalized spacial score (nSPS) is 16.7. The van der Waals surface area contributed by atoms with Crippen LogP contribution in [0.1, 0.15) is 6.42 Å². The molecule has 0 saturated carbocycles. The zero-order chi connectivity index (χ0) is 10.6. The van der Waals surface area contributed by atoms with Gasteiger partial charge in [0.25, 0.3) is 0 Å². The molecule has 0 fully saturated rings. The number of hydrogen-bond acceptors (Lipinski definition) is 6. The highest BCUT2D eigenvalue weighted by molar-refractivity contribution is 5.74. The van der Waals surface area contributed by atoms with E-state index in [-0.39, 0.29) is 0 Å². The van der Waals surface area contributed by atoms with Gasteiger partial charge in [-0.2, -0.15) is 0 Å². The second-order valence-electron chi connectivity index (χ2n) is 2.72. The van der Waals surface area contributed by atoms with E-state index in [1.165, 1.54) is 0 Å². The Labute approximate surface area is 74.0 Å². The number of nitrogens with two attached hydrogens (primary N) is 1. The lowest BCUT2D eigenvalue weighted by atomic mass is 10.0. The quantitative estimate of drug-likeness (QED) is 0.249. The Morgan fingerprint density at radius 2 is 1.85 bits per heavy atom. The molecule has 0 heterocycles. The van der Waals surface area contributed by atoms with E-state index in [1.807, 2.05) is 0 Å². The van der Waals surface area contributed by atoms with Gasteiger partial charge in [0.05, 0.1) is 13.0 Å². The molecule has 0 radical (unpaired) electrons. The average molecular weight is 195 g/mol. The lowest BCUT2D eigenvalue weighted by Gasteiger charge is -2.28. The summed E-state index contributed by atoms with van der Waals surface area (Å²) in [5.74, 6) is -3.87. The molecule has 2 unspecified atom stereocenters. The highest BCUT2D eigenvalue weighted by Gasteiger charge is 2.39. The van der Waals surface area contributed by atoms with Crippen LogP contribution in [0, 0.1) is 0 Å². The number of aliphatic hydroxyl groups is 5. The van der Waals surface area contributed by atoms with Crippen LogP contribution in [0.25, 0.3) is 0 Å². The molecule has 2 atom stereocenters. The van der Waals surface area contributed by atoms with Crippen molar-refractivity contribution in [2.24, 2.45) is 5.73 Å². The Hall–Kier alpha value is -0.730. The molecule has 7 N–H and O–H groups in total. The summed E-state index contributed by atoms with van der Waals surface area (Å²) in [6.07, 6.45) is -4.72. The van der Waals surface area contributed by atoms with Crippen molar-refractivity contribution >= 4 is 5.91 Å². The highest BCUT2D eigenvalue weighted by Crippen LogP contribution is 2.14. The number of rotatable bonds is 5. The number of primary amides is 1. The van der Waals surface area contributed by atoms with Crippen LogP contribution in [-0.4, -0.2) is 56.0 Å². The van der Waals surface area contributed by atoms with Crippen molar-refractivity contribution in [3.8, 4) is 0 Å². The van der Waals surface area contributed by atoms with Gasteiger partial charge in [-0.15, -0.1) is 0 Å². The van der Waals surface area contributed by atoms with Gasteiger partial charge in [-0.1, -0.05) is 0 Å². The Kier molecular flexibility index (Phi) is 4.24. The van der Waals surface area contributed by atoms with Crippen LogP contribution in [0.3, 0.4) is 0 Å². The predicted molar refractivity (Wildman–Crippen MR) is 40.1 cm³/mol. The molecule has 0 aromatic heterocycles. The first-order valence-electron chi connectivity index (χ1n) is 3.51. The summed E-state index contributed by atoms with van der Waals surface area (Å²) in [6.45, 7) is -0.858. The molecular formula is C6H13NO6. The SMILES string of the molecule is NC(=O)CC(O)(O)C(O)C(O)CO. The van der Waals surface area contributed by atoms with Crippen molar-refractivity contribution in [3.05, 3.63) is 0 Å². The number of amides is 1. The summed E-state index contributed by atoms with van der Waals surface area (Å²) in [6, 6.07) is 0. The molecule has 0 aromatic carbocycles. The maximum absolute atomic E-state index is 10.3. The van der Waals surface area contributed by atoms with E-state index >= 15 is 0 Å². The fourth-order valence-corrected chi connectivity index (χ4v) is 0.769. The lowest BCUT2D eigenvalue weighted by molar-refractivity contribution is -0.250. The summed E-state index contributed by atoms with van der Waals surface area (Å²) >= 11 is 0. The molecule has 0 saturated heterocycles. The number of aliphatic hydroxyl groups excluding tert-OH is 3. The van der Waals surface area contributed by atoms with E-state index in [9.17, 15) is 4.79 Å². The van der Waals surface area contributed by atoms with Crippen molar-refractivity contribution in [1.82, 2.24) is 0 Å². The van der Waals surface area contributed by atoms with Gasteiger partial charge >= 0.3 is 0 Å². The number of hydrogen-bond donors (Lipinski definition) is 6. The molecule has 0 aromatic rings. The minimum atomic E-state index is -2.83. The molecule has 0 aliphatic rings. The Balaban J connectivity index is 4.34. The number of carbonyl (C=O) groups is 1. The maximum Gasteiger partial charge on any atom is 0.222 e. The van der Waals surface area contributed by atoms with Gasteiger partial charge in [-0.25, -0.2) is 0 Å². The van der Waals surface area contributed by atoms with Gasteiger partial charge in [-0.3, -0.25) is 4.79 Å². The monoisotopic (exact) mass is 195 g/mol. The van der Waals surface area contributed by atoms with Crippen LogP contribution in [0.4, 0.5) is 0 Å². The molecule has 7 nitrogen and oxygen atoms in total. The first kappa shape index (κ1) is 12.3. The van der Waals surface area contributed by atoms with Crippen molar-refractivity contribution in [2.75, 3.05) is 6.61 Å². The minimum Gasteiger partial charge on any atom is -0.394 e. The van der Waals surface area contributed by atoms with Crippen molar-refractivity contribution < 1.29 is 30.3 Å². The van der Waals surface area contributed by atoms with E-state index in [1.54, 1.807) is 0 Å². The molecular weight excluding hydrogens is 182 g/mol. The summed E-state index contributed by atoms with van der Waals surface area (Å²) in [5, 5.41) is 44.1. The fourth-order valence-electron chi connectivity index (χ4n) is 0.769. The van der Waals surface area contributed by atoms with Crippen molar-refractivity contribution in [1.29, 1.82) is 0 Å². The van der Waals surface area contributed by atoms with Crippen LogP contribution in [0.5, 0.6) is 0 Å². The van der Waals surface area contributed by atoms with Crippen molar-refractivity contribution in [2.45, 2.75) is 24.4 Å². The maximum atomic E-state index is 10.3. The smallest absolute Gasteiger partial charge is 0.222 e. The topological polar surface area (TPSA) is 144 Å². The van der Waals surface area contributed by atoms with E-state index in [4.69, 9.17) is 25.5 Å². The first-order chi connectivity index (χ1) is 5.81. The summed E-state index contributed by atoms with van der Waals surface area (Å²) in [5.41, 5.74) is 4.64. The molecule has 0 bridgehead atoms. The van der Waals surface area contributed by atoms with Gasteiger partial charge < -0.3 is 31.3 Å². The molecule has 0 aliphatic heterocycles. The third-order valence-corrected chi connectivity index (χ3v) is 1.46. The Bertz CT molecular complexity index is 182. The van der Waals surface area contributed by atoms with Crippen LogP contribution in [0.2, 0.25) is 0 Å². The van der Waals surface area contributed by atoms with Crippen LogP contribution in [-0.2, 0) is 4.79 Å². The molecule has 0 rings (SSSR count). The zero-order valence-corrected chi connectivity index (χ0v) is 6.79. The molecule has 78 valence electrons. The fraction of sp³-hybridized carbons (Fsp3) is 0.833. The molecule has 13 heavy (non-hydrogen) atoms. The van der Waals surface area contributed by atoms with E-state index in [2.05, 4.69) is 5.73 Å². The molecule has 0 aliphatic carbocycles. The third-order valence-electron chi connectivity index (χ3n) is 1.46. The first-order valence-corrected chi connectivity index (χ1v) is 3.51. The molecule has 1 amide bonds. The summed E-state index contributed by atoms with van der Waals surface area (Å²) < 4.78 is 0. The van der Waals surface area contributed by atoms with Crippen LogP contribution in [0.15, 0.2) is 0 Å². The van der Waals surface area contributed by atoms with Crippen LogP contribution < -0.4 is 5.73 Å². The Morgan fingerprint density at radius 1 is 1.38 bits per heavy atom. The zero-order valence-electron chi connectivity index (χ0n) is 6.79. The van der Waals surface area contributed by atoms with E-state index in [0.29, 0.717) is 0 Å². The molecule has 7 heteroatoms. The summed E-state index contributed by atoms with van der Waals surface area (Å²) in [7, 11) is 0. The van der Waals surface area contributed by atoms with Gasteiger partial charge in [0.2, 0.25) is 11.7 Å². The Morgan fingerprint density at radius 3 is 2.15 bits per heavy atom. The minimum absolute atomic E-state index is 0.858. The van der Waals surface area contributed by atoms with E-state index < -0.39 is 36.9 Å². The predicted octanol–water partition coefficient (Wildman–Crippen LogP) is -3.74. The van der Waals surface area contributed by atoms with Crippen molar-refractivity contribution in [3.63, 3.8) is 0 Å². The third kappa shape index (κ3) is 3.66. The molecule has 0 spiro atoms. The second-order valence-corrected chi connectivity index (χ2v) is 2.72. The number of carbonyl (C=O) groups excluding carboxylic acids is 1. The van der Waals surface area contributed by atoms with Crippen LogP contribution >= 0.6 is 0 Å². The van der Waals surface area contributed by atoms with Gasteiger partial charge in [0.1, 0.15) is 12.2 Å². The van der Waals surface area contributed by atoms with E-state index in [0.717, 1.165) is 0 Å². The standard InChI is InChI=1S/C6H13NO6/c7-4(10)1-6(12,13)5(11)3(9)2-8/h3,5,8-9,11-13H,1-2H2,(H2,7,10). The van der Waals surface area contributed by atoms with Gasteiger partial charge in [0.15, 0.2) is 0 Å². The second kappa shape index (κ2) is 4.49. The van der Waals surface area contributed by atoms with Gasteiger partial charge in [-0.05, 0) is 0 Å². The average Bonchev–Trinajstić information content (AvgIpc) is 1.99. The largest absolute Gasteiger partial charge is 0.394 e.